The Bertz CT molecular complexity index is 1490. The Hall–Kier alpha value is -4.22. The van der Waals surface area contributed by atoms with Crippen molar-refractivity contribution in [3.05, 3.63) is 71.9 Å². The van der Waals surface area contributed by atoms with Crippen molar-refractivity contribution in [2.45, 2.75) is 98.1 Å². The molecule has 0 unspecified atom stereocenters. The zero-order valence-electron chi connectivity index (χ0n) is 28.3. The van der Waals surface area contributed by atoms with Crippen molar-refractivity contribution < 1.29 is 53.1 Å². The van der Waals surface area contributed by atoms with Gasteiger partial charge in [0.15, 0.2) is 0 Å². The van der Waals surface area contributed by atoms with Crippen molar-refractivity contribution in [2.24, 2.45) is 22.7 Å². The smallest absolute Gasteiger partial charge is 0.331 e. The number of carbonyl (C=O) groups excluding carboxylic acids is 4. The van der Waals surface area contributed by atoms with Gasteiger partial charge in [-0.15, -0.1) is 0 Å². The molecule has 0 aromatic heterocycles. The Morgan fingerprint density at radius 2 is 1.71 bits per heavy atom. The number of aliphatic hydroxyl groups is 1. The van der Waals surface area contributed by atoms with Crippen molar-refractivity contribution in [2.75, 3.05) is 0 Å². The number of phenols is 1. The van der Waals surface area contributed by atoms with E-state index in [2.05, 4.69) is 6.58 Å². The molecular formula is C37H46O11. The first kappa shape index (κ1) is 36.6. The third-order valence-corrected chi connectivity index (χ3v) is 9.96. The van der Waals surface area contributed by atoms with Gasteiger partial charge < -0.3 is 29.2 Å². The molecule has 48 heavy (non-hydrogen) atoms. The highest BCUT2D eigenvalue weighted by Gasteiger charge is 2.74. The van der Waals surface area contributed by atoms with Crippen LogP contribution in [0.1, 0.15) is 72.8 Å². The van der Waals surface area contributed by atoms with Gasteiger partial charge in [-0.2, -0.15) is 0 Å². The molecule has 0 bridgehead atoms. The van der Waals surface area contributed by atoms with Crippen molar-refractivity contribution in [1.29, 1.82) is 0 Å². The van der Waals surface area contributed by atoms with Crippen LogP contribution in [0.2, 0.25) is 0 Å². The maximum absolute atomic E-state index is 13.4. The van der Waals surface area contributed by atoms with E-state index < -0.39 is 77.4 Å². The number of esters is 4. The molecule has 11 heteroatoms. The summed E-state index contributed by atoms with van der Waals surface area (Å²) in [6.07, 6.45) is 3.21. The molecule has 2 N–H and O–H groups in total. The molecule has 260 valence electrons. The summed E-state index contributed by atoms with van der Waals surface area (Å²) in [6.45, 7) is 13.9. The lowest BCUT2D eigenvalue weighted by molar-refractivity contribution is -0.275. The molecule has 1 aromatic rings. The SMILES string of the molecule is C=C/C(C)=C\C[C@]1(C)[C@H](C)[C@@H](OC(=O)/C=C/c2ccc(O)cc2)[C@H](O)[C@@]23C(=C[C@H](OC(=O)CCC)C[C@@H]12)[C@@H](OC(C)=O)O[C@H]3OC(C)=O. The molecular weight excluding hydrogens is 620 g/mol. The number of benzene rings is 1. The highest BCUT2D eigenvalue weighted by molar-refractivity contribution is 5.87. The Balaban J connectivity index is 1.89. The first-order valence-corrected chi connectivity index (χ1v) is 16.2. The molecule has 0 amide bonds. The number of hydrogen-bond donors (Lipinski definition) is 2. The number of aromatic hydroxyl groups is 1. The normalized spacial score (nSPS) is 32.8. The molecule has 0 radical (unpaired) electrons. The number of carbonyl (C=O) groups is 4. The number of rotatable bonds is 11. The topological polar surface area (TPSA) is 155 Å². The molecule has 1 aromatic carbocycles. The first-order valence-electron chi connectivity index (χ1n) is 16.2. The zero-order valence-corrected chi connectivity index (χ0v) is 28.3. The number of ether oxygens (including phenoxy) is 5. The second kappa shape index (κ2) is 14.9. The van der Waals surface area contributed by atoms with Crippen LogP contribution in [0.5, 0.6) is 5.75 Å². The van der Waals surface area contributed by atoms with Crippen molar-refractivity contribution >= 4 is 30.0 Å². The number of hydrogen-bond acceptors (Lipinski definition) is 11. The van der Waals surface area contributed by atoms with Crippen LogP contribution in [0.15, 0.2) is 66.3 Å². The van der Waals surface area contributed by atoms with Gasteiger partial charge in [-0.25, -0.2) is 4.79 Å². The second-order valence-electron chi connectivity index (χ2n) is 13.1. The Kier molecular flexibility index (Phi) is 11.4. The van der Waals surface area contributed by atoms with E-state index in [9.17, 15) is 29.4 Å². The highest BCUT2D eigenvalue weighted by atomic mass is 16.8. The average molecular weight is 667 g/mol. The third kappa shape index (κ3) is 7.27. The monoisotopic (exact) mass is 666 g/mol. The van der Waals surface area contributed by atoms with Crippen LogP contribution in [0.4, 0.5) is 0 Å². The average Bonchev–Trinajstić information content (AvgIpc) is 3.32. The second-order valence-corrected chi connectivity index (χ2v) is 13.1. The summed E-state index contributed by atoms with van der Waals surface area (Å²) < 4.78 is 29.4. The van der Waals surface area contributed by atoms with Gasteiger partial charge in [-0.05, 0) is 67.4 Å². The van der Waals surface area contributed by atoms with Gasteiger partial charge in [-0.3, -0.25) is 19.1 Å². The standard InChI is InChI=1S/C37H46O11/c1-8-10-30(41)46-27-19-28-34(44-23(5)38)48-35(45-24(6)39)37(28)29(20-27)36(7,18-17-21(3)9-2)22(4)32(33(37)43)47-31(42)16-13-25-11-14-26(40)15-12-25/h9,11-17,19,22,27,29,32-35,40,43H,2,8,10,18,20H2,1,3-7H3/b16-13+,21-17-/t22-,27+,29+,32-,33+,34+,35-,36-,37-/m1/s1. The van der Waals surface area contributed by atoms with E-state index >= 15 is 0 Å². The van der Waals surface area contributed by atoms with E-state index in [4.69, 9.17) is 23.7 Å². The van der Waals surface area contributed by atoms with Crippen LogP contribution in [-0.2, 0) is 42.9 Å². The minimum absolute atomic E-state index is 0.0783. The quantitative estimate of drug-likeness (QED) is 0.104. The van der Waals surface area contributed by atoms with Crippen LogP contribution < -0.4 is 0 Å². The van der Waals surface area contributed by atoms with Gasteiger partial charge in [0.1, 0.15) is 24.1 Å². The number of aliphatic hydroxyl groups excluding tert-OH is 1. The fourth-order valence-electron chi connectivity index (χ4n) is 7.41. The summed E-state index contributed by atoms with van der Waals surface area (Å²) in [7, 11) is 0. The van der Waals surface area contributed by atoms with Gasteiger partial charge in [0.05, 0.1) is 5.41 Å². The van der Waals surface area contributed by atoms with Gasteiger partial charge in [0.25, 0.3) is 0 Å². The molecule has 1 heterocycles. The van der Waals surface area contributed by atoms with Crippen molar-refractivity contribution in [3.8, 4) is 5.75 Å². The third-order valence-electron chi connectivity index (χ3n) is 9.96. The lowest BCUT2D eigenvalue weighted by Crippen LogP contribution is -2.68. The van der Waals surface area contributed by atoms with E-state index in [0.29, 0.717) is 18.4 Å². The molecule has 3 aliphatic rings. The predicted octanol–water partition coefficient (Wildman–Crippen LogP) is 5.31. The summed E-state index contributed by atoms with van der Waals surface area (Å²) in [4.78, 5) is 50.9. The van der Waals surface area contributed by atoms with E-state index in [-0.39, 0.29) is 24.2 Å². The van der Waals surface area contributed by atoms with Gasteiger partial charge >= 0.3 is 23.9 Å². The molecule has 4 rings (SSSR count). The summed E-state index contributed by atoms with van der Waals surface area (Å²) in [5.74, 6) is -3.55. The summed E-state index contributed by atoms with van der Waals surface area (Å²) in [6, 6.07) is 6.23. The van der Waals surface area contributed by atoms with Crippen LogP contribution in [0.3, 0.4) is 0 Å². The zero-order chi connectivity index (χ0) is 35.4. The predicted molar refractivity (Wildman–Crippen MR) is 174 cm³/mol. The molecule has 2 fully saturated rings. The maximum atomic E-state index is 13.4. The molecule has 1 saturated heterocycles. The molecule has 11 nitrogen and oxygen atoms in total. The van der Waals surface area contributed by atoms with E-state index in [1.165, 1.54) is 38.1 Å². The molecule has 2 aliphatic carbocycles. The number of phenolic OH excluding ortho intramolecular Hbond substituents is 1. The van der Waals surface area contributed by atoms with E-state index in [1.54, 1.807) is 24.3 Å². The van der Waals surface area contributed by atoms with Gasteiger partial charge in [0, 0.05) is 37.8 Å². The molecule has 1 spiro atoms. The van der Waals surface area contributed by atoms with E-state index in [1.807, 2.05) is 33.8 Å². The van der Waals surface area contributed by atoms with Crippen LogP contribution >= 0.6 is 0 Å². The lowest BCUT2D eigenvalue weighted by atomic mass is 9.44. The van der Waals surface area contributed by atoms with Crippen molar-refractivity contribution in [1.82, 2.24) is 0 Å². The molecule has 1 saturated carbocycles. The van der Waals surface area contributed by atoms with Gasteiger partial charge in [-0.1, -0.05) is 57.2 Å². The fourth-order valence-corrected chi connectivity index (χ4v) is 7.41. The molecule has 9 atom stereocenters. The van der Waals surface area contributed by atoms with Crippen LogP contribution in [0, 0.1) is 22.7 Å². The fraction of sp³-hybridized carbons (Fsp3) is 0.514. The summed E-state index contributed by atoms with van der Waals surface area (Å²) >= 11 is 0. The van der Waals surface area contributed by atoms with Crippen LogP contribution in [-0.4, -0.2) is 65.0 Å². The van der Waals surface area contributed by atoms with Crippen molar-refractivity contribution in [3.63, 3.8) is 0 Å². The Morgan fingerprint density at radius 1 is 1.04 bits per heavy atom. The Morgan fingerprint density at radius 3 is 2.31 bits per heavy atom. The maximum Gasteiger partial charge on any atom is 0.331 e. The largest absolute Gasteiger partial charge is 0.508 e. The van der Waals surface area contributed by atoms with Crippen LogP contribution in [0.25, 0.3) is 6.08 Å². The minimum Gasteiger partial charge on any atom is -0.508 e. The van der Waals surface area contributed by atoms with E-state index in [0.717, 1.165) is 5.57 Å². The summed E-state index contributed by atoms with van der Waals surface area (Å²) in [5.41, 5.74) is -0.576. The molecule has 1 aliphatic heterocycles. The Labute approximate surface area is 281 Å². The first-order chi connectivity index (χ1) is 22.7. The minimum atomic E-state index is -1.57. The number of allylic oxidation sites excluding steroid dienone is 3. The lowest BCUT2D eigenvalue weighted by Gasteiger charge is -2.62. The summed E-state index contributed by atoms with van der Waals surface area (Å²) in [5, 5.41) is 22.1. The van der Waals surface area contributed by atoms with Gasteiger partial charge in [0.2, 0.25) is 12.6 Å². The highest BCUT2D eigenvalue weighted by Crippen LogP contribution is 2.67.